The van der Waals surface area contributed by atoms with Crippen LogP contribution in [0.3, 0.4) is 0 Å². The molecule has 3 nitrogen and oxygen atoms in total. The van der Waals surface area contributed by atoms with Crippen LogP contribution in [-0.2, 0) is 4.79 Å². The minimum atomic E-state index is -0.998. The maximum atomic E-state index is 10.6. The van der Waals surface area contributed by atoms with Crippen LogP contribution in [0.25, 0.3) is 0 Å². The van der Waals surface area contributed by atoms with E-state index in [0.29, 0.717) is 6.42 Å². The van der Waals surface area contributed by atoms with Gasteiger partial charge in [-0.1, -0.05) is 15.9 Å². The Hall–Kier alpha value is -0.0900. The molecule has 0 amide bonds. The molecular weight excluding hydrogens is 222 g/mol. The number of carboxylic acids is 1. The Morgan fingerprint density at radius 1 is 1.75 bits per heavy atom. The second kappa shape index (κ2) is 3.75. The molecule has 0 aromatic rings. The van der Waals surface area contributed by atoms with Gasteiger partial charge in [0.15, 0.2) is 0 Å². The summed E-state index contributed by atoms with van der Waals surface area (Å²) in [6, 6.07) is -0.503. The number of halogens is 1. The summed E-state index contributed by atoms with van der Waals surface area (Å²) < 4.78 is -0.0543. The molecule has 0 aromatic heterocycles. The van der Waals surface area contributed by atoms with Crippen molar-refractivity contribution in [2.45, 2.75) is 36.6 Å². The smallest absolute Gasteiger partial charge is 0.0584 e. The van der Waals surface area contributed by atoms with Crippen LogP contribution >= 0.6 is 15.9 Å². The molecule has 0 aromatic carbocycles. The fourth-order valence-corrected chi connectivity index (χ4v) is 2.10. The second-order valence-electron chi connectivity index (χ2n) is 3.55. The number of aliphatic carboxylic acids is 1. The van der Waals surface area contributed by atoms with Crippen molar-refractivity contribution in [3.05, 3.63) is 0 Å². The van der Waals surface area contributed by atoms with Crippen LogP contribution < -0.4 is 10.4 Å². The van der Waals surface area contributed by atoms with Gasteiger partial charge in [-0.2, -0.15) is 0 Å². The molecule has 1 N–H and O–H groups in total. The maximum absolute atomic E-state index is 10.6. The molecule has 0 saturated carbocycles. The van der Waals surface area contributed by atoms with Crippen molar-refractivity contribution in [1.82, 2.24) is 5.32 Å². The highest BCUT2D eigenvalue weighted by molar-refractivity contribution is 9.10. The van der Waals surface area contributed by atoms with E-state index in [4.69, 9.17) is 0 Å². The van der Waals surface area contributed by atoms with Gasteiger partial charge >= 0.3 is 0 Å². The third-order valence-corrected chi connectivity index (χ3v) is 2.90. The minimum absolute atomic E-state index is 0.0543. The molecule has 1 rings (SSSR count). The number of hydrogen-bond acceptors (Lipinski definition) is 3. The first-order chi connectivity index (χ1) is 5.51. The predicted molar refractivity (Wildman–Crippen MR) is 48.0 cm³/mol. The lowest BCUT2D eigenvalue weighted by atomic mass is 9.99. The van der Waals surface area contributed by atoms with E-state index in [1.165, 1.54) is 0 Å². The van der Waals surface area contributed by atoms with Crippen molar-refractivity contribution in [3.8, 4) is 0 Å². The maximum Gasteiger partial charge on any atom is 0.0584 e. The molecule has 2 atom stereocenters. The lowest BCUT2D eigenvalue weighted by Crippen LogP contribution is -2.46. The Morgan fingerprint density at radius 2 is 2.42 bits per heavy atom. The molecule has 0 bridgehead atoms. The van der Waals surface area contributed by atoms with Gasteiger partial charge < -0.3 is 15.2 Å². The van der Waals surface area contributed by atoms with Gasteiger partial charge in [-0.3, -0.25) is 0 Å². The van der Waals surface area contributed by atoms with Gasteiger partial charge in [-0.25, -0.2) is 0 Å². The van der Waals surface area contributed by atoms with Gasteiger partial charge in [-0.15, -0.1) is 0 Å². The largest absolute Gasteiger partial charge is 0.548 e. The molecule has 1 fully saturated rings. The van der Waals surface area contributed by atoms with Crippen LogP contribution in [0.15, 0.2) is 0 Å². The van der Waals surface area contributed by atoms with E-state index in [2.05, 4.69) is 21.2 Å². The normalized spacial score (nSPS) is 37.3. The lowest BCUT2D eigenvalue weighted by molar-refractivity contribution is -0.308. The average Bonchev–Trinajstić information content (AvgIpc) is 2.10. The zero-order valence-corrected chi connectivity index (χ0v) is 8.69. The predicted octanol–water partition coefficient (Wildman–Crippen LogP) is 0.0320. The summed E-state index contributed by atoms with van der Waals surface area (Å²) in [5, 5.41) is 13.5. The quantitative estimate of drug-likeness (QED) is 0.652. The van der Waals surface area contributed by atoms with Crippen molar-refractivity contribution in [1.29, 1.82) is 0 Å². The van der Waals surface area contributed by atoms with Crippen LogP contribution in [0.5, 0.6) is 0 Å². The fraction of sp³-hybridized carbons (Fsp3) is 0.875. The monoisotopic (exact) mass is 234 g/mol. The Balaban J connectivity index is 2.60. The molecule has 0 radical (unpaired) electrons. The molecule has 12 heavy (non-hydrogen) atoms. The zero-order chi connectivity index (χ0) is 9.19. The van der Waals surface area contributed by atoms with Gasteiger partial charge in [0.1, 0.15) is 0 Å². The average molecular weight is 235 g/mol. The number of carboxylic acid groups (broad SMARTS) is 1. The van der Waals surface area contributed by atoms with Crippen LogP contribution in [0.1, 0.15) is 26.2 Å². The second-order valence-corrected chi connectivity index (χ2v) is 5.46. The standard InChI is InChI=1S/C8H14BrNO2/c1-8(9)3-2-4-10-6(5-8)7(11)12/h6,10H,2-5H2,1H3,(H,11,12)/p-1/t6-,8?/m0/s1. The van der Waals surface area contributed by atoms with E-state index >= 15 is 0 Å². The fourth-order valence-electron chi connectivity index (χ4n) is 1.50. The topological polar surface area (TPSA) is 52.2 Å². The number of rotatable bonds is 1. The first kappa shape index (κ1) is 9.99. The molecule has 1 unspecified atom stereocenters. The van der Waals surface area contributed by atoms with Gasteiger partial charge in [0.2, 0.25) is 0 Å². The Kier molecular flexibility index (Phi) is 3.12. The number of alkyl halides is 1. The summed E-state index contributed by atoms with van der Waals surface area (Å²) in [5.74, 6) is -0.998. The Labute approximate surface area is 80.7 Å². The summed E-state index contributed by atoms with van der Waals surface area (Å²) in [6.07, 6.45) is 2.60. The van der Waals surface area contributed by atoms with Crippen molar-refractivity contribution >= 4 is 21.9 Å². The molecular formula is C8H13BrNO2-. The summed E-state index contributed by atoms with van der Waals surface area (Å²) in [4.78, 5) is 10.6. The highest BCUT2D eigenvalue weighted by Gasteiger charge is 2.27. The summed E-state index contributed by atoms with van der Waals surface area (Å²) in [7, 11) is 0. The molecule has 1 aliphatic heterocycles. The molecule has 0 spiro atoms. The first-order valence-corrected chi connectivity index (χ1v) is 4.94. The SMILES string of the molecule is CC1(Br)CCCN[C@H](C(=O)[O-])C1. The van der Waals surface area contributed by atoms with Crippen molar-refractivity contribution in [3.63, 3.8) is 0 Å². The van der Waals surface area contributed by atoms with Crippen LogP contribution in [-0.4, -0.2) is 22.9 Å². The third kappa shape index (κ3) is 2.75. The van der Waals surface area contributed by atoms with Crippen molar-refractivity contribution < 1.29 is 9.90 Å². The highest BCUT2D eigenvalue weighted by atomic mass is 79.9. The molecule has 1 heterocycles. The number of carbonyl (C=O) groups is 1. The molecule has 4 heteroatoms. The van der Waals surface area contributed by atoms with E-state index in [1.54, 1.807) is 0 Å². The molecule has 1 saturated heterocycles. The van der Waals surface area contributed by atoms with Crippen molar-refractivity contribution in [2.24, 2.45) is 0 Å². The van der Waals surface area contributed by atoms with E-state index in [0.717, 1.165) is 19.4 Å². The third-order valence-electron chi connectivity index (χ3n) is 2.18. The summed E-state index contributed by atoms with van der Waals surface area (Å²) in [5.41, 5.74) is 0. The minimum Gasteiger partial charge on any atom is -0.548 e. The highest BCUT2D eigenvalue weighted by Crippen LogP contribution is 2.30. The van der Waals surface area contributed by atoms with Crippen molar-refractivity contribution in [2.75, 3.05) is 6.54 Å². The van der Waals surface area contributed by atoms with Gasteiger partial charge in [0.25, 0.3) is 0 Å². The molecule has 70 valence electrons. The van der Waals surface area contributed by atoms with Crippen LogP contribution in [0, 0.1) is 0 Å². The molecule has 0 aliphatic carbocycles. The first-order valence-electron chi connectivity index (χ1n) is 4.14. The van der Waals surface area contributed by atoms with Gasteiger partial charge in [0, 0.05) is 10.4 Å². The Bertz CT molecular complexity index is 182. The summed E-state index contributed by atoms with van der Waals surface area (Å²) >= 11 is 3.52. The van der Waals surface area contributed by atoms with E-state index in [-0.39, 0.29) is 4.32 Å². The number of carbonyl (C=O) groups excluding carboxylic acids is 1. The van der Waals surface area contributed by atoms with E-state index in [9.17, 15) is 9.90 Å². The van der Waals surface area contributed by atoms with Gasteiger partial charge in [-0.05, 0) is 32.7 Å². The van der Waals surface area contributed by atoms with Crippen LogP contribution in [0.4, 0.5) is 0 Å². The number of hydrogen-bond donors (Lipinski definition) is 1. The Morgan fingerprint density at radius 3 is 3.00 bits per heavy atom. The van der Waals surface area contributed by atoms with Crippen LogP contribution in [0.2, 0.25) is 0 Å². The molecule has 1 aliphatic rings. The summed E-state index contributed by atoms with van der Waals surface area (Å²) in [6.45, 7) is 2.79. The van der Waals surface area contributed by atoms with E-state index in [1.807, 2.05) is 6.92 Å². The van der Waals surface area contributed by atoms with E-state index < -0.39 is 12.0 Å². The van der Waals surface area contributed by atoms with Gasteiger partial charge in [0.05, 0.1) is 5.97 Å². The number of nitrogens with one attached hydrogen (secondary N) is 1. The zero-order valence-electron chi connectivity index (χ0n) is 7.10. The lowest BCUT2D eigenvalue weighted by Gasteiger charge is -2.25.